The fourth-order valence-electron chi connectivity index (χ4n) is 9.95. The third kappa shape index (κ3) is 11.7. The van der Waals surface area contributed by atoms with Crippen molar-refractivity contribution in [2.24, 2.45) is 0 Å². The van der Waals surface area contributed by atoms with Crippen LogP contribution in [0.15, 0.2) is 279 Å². The molecule has 0 aliphatic carbocycles. The molecule has 0 heterocycles. The second kappa shape index (κ2) is 23.4. The van der Waals surface area contributed by atoms with Crippen molar-refractivity contribution in [3.8, 4) is 23.7 Å². The SMILES string of the molecule is O=P(Cc1cc(C#CC#Cc2cc(CP(=O)(c3ccccc3)c3ccccc3)cc(CP(=O)(c3ccccc3)c3ccccc3)c2)cc(CP(=O)(c2ccccc2)c2ccccc2)c1)(c1ccccc1)c1ccccc1. The molecule has 0 aromatic heterocycles. The van der Waals surface area contributed by atoms with E-state index in [-0.39, 0.29) is 24.6 Å². The second-order valence-electron chi connectivity index (χ2n) is 18.9. The summed E-state index contributed by atoms with van der Waals surface area (Å²) in [6.45, 7) is 0. The van der Waals surface area contributed by atoms with E-state index in [1.807, 2.05) is 279 Å². The zero-order valence-corrected chi connectivity index (χ0v) is 45.4. The lowest BCUT2D eigenvalue weighted by molar-refractivity contribution is 0.585. The lowest BCUT2D eigenvalue weighted by Crippen LogP contribution is -2.18. The zero-order valence-electron chi connectivity index (χ0n) is 41.8. The molecule has 0 aliphatic rings. The maximum atomic E-state index is 15.6. The summed E-state index contributed by atoms with van der Waals surface area (Å²) >= 11 is 0. The first-order valence-corrected chi connectivity index (χ1v) is 32.8. The van der Waals surface area contributed by atoms with Crippen molar-refractivity contribution >= 4 is 71.0 Å². The molecule has 0 radical (unpaired) electrons. The Morgan fingerprint density at radius 2 is 0.382 bits per heavy atom. The molecule has 0 saturated carbocycles. The average Bonchev–Trinajstić information content (AvgIpc) is 3.48. The minimum absolute atomic E-state index is 0.220. The molecule has 0 atom stereocenters. The third-order valence-electron chi connectivity index (χ3n) is 13.6. The van der Waals surface area contributed by atoms with Gasteiger partial charge >= 0.3 is 0 Å². The van der Waals surface area contributed by atoms with E-state index in [1.165, 1.54) is 0 Å². The van der Waals surface area contributed by atoms with Gasteiger partial charge in [0.15, 0.2) is 0 Å². The van der Waals surface area contributed by atoms with Gasteiger partial charge in [-0.3, -0.25) is 0 Å². The maximum Gasteiger partial charge on any atom is 0.147 e. The van der Waals surface area contributed by atoms with Crippen LogP contribution in [0.3, 0.4) is 0 Å². The van der Waals surface area contributed by atoms with Crippen LogP contribution in [0.25, 0.3) is 0 Å². The summed E-state index contributed by atoms with van der Waals surface area (Å²) in [5.41, 5.74) is 4.51. The molecule has 4 nitrogen and oxygen atoms in total. The van der Waals surface area contributed by atoms with Crippen molar-refractivity contribution in [3.63, 3.8) is 0 Å². The Kier molecular flexibility index (Phi) is 15.9. The molecule has 10 aromatic rings. The van der Waals surface area contributed by atoms with Crippen LogP contribution in [0.1, 0.15) is 33.4 Å². The molecule has 0 amide bonds. The molecule has 0 spiro atoms. The van der Waals surface area contributed by atoms with Gasteiger partial charge in [0.2, 0.25) is 0 Å². The molecule has 0 unspecified atom stereocenters. The van der Waals surface area contributed by atoms with Gasteiger partial charge in [0.05, 0.1) is 0 Å². The summed E-state index contributed by atoms with van der Waals surface area (Å²) in [7, 11) is -12.9. The Balaban J connectivity index is 1.08. The first-order chi connectivity index (χ1) is 37.1. The van der Waals surface area contributed by atoms with Crippen molar-refractivity contribution in [1.29, 1.82) is 0 Å². The Hall–Kier alpha value is -7.76. The van der Waals surface area contributed by atoms with Gasteiger partial charge in [0.1, 0.15) is 28.6 Å². The number of hydrogen-bond acceptors (Lipinski definition) is 4. The minimum Gasteiger partial charge on any atom is -0.313 e. The summed E-state index contributed by atoms with van der Waals surface area (Å²) in [5, 5.41) is 5.99. The largest absolute Gasteiger partial charge is 0.313 e. The maximum absolute atomic E-state index is 15.6. The van der Waals surface area contributed by atoms with Gasteiger partial charge in [-0.2, -0.15) is 0 Å². The first kappa shape index (κ1) is 51.7. The van der Waals surface area contributed by atoms with Crippen molar-refractivity contribution in [3.05, 3.63) is 312 Å². The first-order valence-electron chi connectivity index (χ1n) is 25.2. The minimum atomic E-state index is -3.23. The van der Waals surface area contributed by atoms with Crippen LogP contribution in [-0.2, 0) is 42.9 Å². The normalized spacial score (nSPS) is 11.6. The van der Waals surface area contributed by atoms with Crippen molar-refractivity contribution in [1.82, 2.24) is 0 Å². The van der Waals surface area contributed by atoms with Crippen molar-refractivity contribution in [2.75, 3.05) is 0 Å². The van der Waals surface area contributed by atoms with E-state index in [9.17, 15) is 0 Å². The van der Waals surface area contributed by atoms with Crippen molar-refractivity contribution < 1.29 is 18.3 Å². The van der Waals surface area contributed by atoms with E-state index in [1.54, 1.807) is 0 Å². The molecular formula is C68H54O4P4. The Morgan fingerprint density at radius 3 is 0.539 bits per heavy atom. The molecule has 0 fully saturated rings. The van der Waals surface area contributed by atoms with Crippen LogP contribution in [0.5, 0.6) is 0 Å². The lowest BCUT2D eigenvalue weighted by atomic mass is 10.1. The summed E-state index contributed by atoms with van der Waals surface area (Å²) in [6, 6.07) is 88.9. The van der Waals surface area contributed by atoms with E-state index >= 15 is 18.3 Å². The van der Waals surface area contributed by atoms with Crippen LogP contribution < -0.4 is 42.4 Å². The van der Waals surface area contributed by atoms with Crippen LogP contribution in [0.4, 0.5) is 0 Å². The molecule has 0 bridgehead atoms. The highest BCUT2D eigenvalue weighted by Gasteiger charge is 2.32. The summed E-state index contributed by atoms with van der Waals surface area (Å²) in [6.07, 6.45) is 0.879. The second-order valence-corrected chi connectivity index (χ2v) is 30.2. The highest BCUT2D eigenvalue weighted by atomic mass is 31.2. The Bertz CT molecular complexity index is 3260. The number of rotatable bonds is 16. The van der Waals surface area contributed by atoms with Crippen LogP contribution in [-0.4, -0.2) is 0 Å². The van der Waals surface area contributed by atoms with E-state index in [2.05, 4.69) is 23.7 Å². The van der Waals surface area contributed by atoms with Crippen molar-refractivity contribution in [2.45, 2.75) is 24.6 Å². The fraction of sp³-hybridized carbons (Fsp3) is 0.0588. The smallest absolute Gasteiger partial charge is 0.147 e. The van der Waals surface area contributed by atoms with E-state index in [4.69, 9.17) is 0 Å². The van der Waals surface area contributed by atoms with E-state index < -0.39 is 28.6 Å². The average molecular weight is 1060 g/mol. The van der Waals surface area contributed by atoms with Gasteiger partial charge in [-0.15, -0.1) is 0 Å². The van der Waals surface area contributed by atoms with E-state index in [0.29, 0.717) is 11.1 Å². The van der Waals surface area contributed by atoms with Crippen LogP contribution >= 0.6 is 28.6 Å². The molecule has 8 heteroatoms. The van der Waals surface area contributed by atoms with Gasteiger partial charge in [-0.05, 0) is 58.4 Å². The lowest BCUT2D eigenvalue weighted by Gasteiger charge is -2.22. The third-order valence-corrected chi connectivity index (χ3v) is 25.9. The predicted molar refractivity (Wildman–Crippen MR) is 320 cm³/mol. The molecule has 0 saturated heterocycles. The molecule has 0 aliphatic heterocycles. The Labute approximate surface area is 447 Å². The van der Waals surface area contributed by atoms with Gasteiger partial charge in [-0.1, -0.05) is 267 Å². The molecule has 10 aromatic carbocycles. The standard InChI is InChI=1S/C68H54O4P4/c69-73(61-29-9-1-10-30-61,62-31-11-2-12-32-62)51-57-45-55(46-58(49-57)52-74(70,63-33-13-3-14-34-63)64-35-15-4-16-36-64)27-25-26-28-56-47-59(53-75(71,65-37-17-5-18-38-65)66-39-19-6-20-40-66)50-60(48-56)54-76(72,67-41-21-7-22-42-67)68-43-23-8-24-44-68/h1-24,29-50H,51-54H2. The predicted octanol–water partition coefficient (Wildman–Crippen LogP) is 13.1. The molecular weight excluding hydrogens is 1000 g/mol. The van der Waals surface area contributed by atoms with E-state index in [0.717, 1.165) is 64.7 Å². The quantitative estimate of drug-likeness (QED) is 0.0714. The molecule has 10 rings (SSSR count). The van der Waals surface area contributed by atoms with Gasteiger partial charge in [0, 0.05) is 78.2 Å². The summed E-state index contributed by atoms with van der Waals surface area (Å²) < 4.78 is 62.2. The number of benzene rings is 10. The highest BCUT2D eigenvalue weighted by Crippen LogP contribution is 2.51. The highest BCUT2D eigenvalue weighted by molar-refractivity contribution is 7.79. The molecule has 0 N–H and O–H groups in total. The van der Waals surface area contributed by atoms with Crippen LogP contribution in [0.2, 0.25) is 0 Å². The number of hydrogen-bond donors (Lipinski definition) is 0. The van der Waals surface area contributed by atoms with Gasteiger partial charge < -0.3 is 18.3 Å². The summed E-state index contributed by atoms with van der Waals surface area (Å²) in [5.74, 6) is 12.9. The van der Waals surface area contributed by atoms with Gasteiger partial charge in [0.25, 0.3) is 0 Å². The zero-order chi connectivity index (χ0) is 52.3. The molecule has 76 heavy (non-hydrogen) atoms. The monoisotopic (exact) mass is 1060 g/mol. The topological polar surface area (TPSA) is 68.3 Å². The molecule has 370 valence electrons. The summed E-state index contributed by atoms with van der Waals surface area (Å²) in [4.78, 5) is 0. The van der Waals surface area contributed by atoms with Gasteiger partial charge in [-0.25, -0.2) is 0 Å². The fourth-order valence-corrected chi connectivity index (χ4v) is 20.6. The Morgan fingerprint density at radius 1 is 0.224 bits per heavy atom. The van der Waals surface area contributed by atoms with Crippen LogP contribution in [0, 0.1) is 23.7 Å².